The first-order chi connectivity index (χ1) is 6.72. The predicted octanol–water partition coefficient (Wildman–Crippen LogP) is 4.34. The Morgan fingerprint density at radius 1 is 1.21 bits per heavy atom. The smallest absolute Gasteiger partial charge is 0.00176 e. The summed E-state index contributed by atoms with van der Waals surface area (Å²) >= 11 is 0. The van der Waals surface area contributed by atoms with Gasteiger partial charge in [0, 0.05) is 0 Å². The van der Waals surface area contributed by atoms with Crippen LogP contribution >= 0.6 is 0 Å². The van der Waals surface area contributed by atoms with Crippen molar-refractivity contribution >= 4 is 0 Å². The summed E-state index contributed by atoms with van der Waals surface area (Å²) in [6, 6.07) is 0. The fraction of sp³-hybridized carbons (Fsp3) is 0.714. The molecule has 0 aromatic rings. The standard InChI is InChI=1S/C14H22/c1-4-5-12-6-7-13(12)14-9-10(2)8-11(14)3/h4-5,10-12H,6-9H2,1-3H3. The van der Waals surface area contributed by atoms with Crippen LogP contribution in [0.15, 0.2) is 23.3 Å². The number of rotatable bonds is 1. The Morgan fingerprint density at radius 3 is 2.43 bits per heavy atom. The molecule has 0 N–H and O–H groups in total. The second kappa shape index (κ2) is 3.92. The molecule has 14 heavy (non-hydrogen) atoms. The van der Waals surface area contributed by atoms with Gasteiger partial charge in [0.1, 0.15) is 0 Å². The van der Waals surface area contributed by atoms with Crippen molar-refractivity contribution in [1.29, 1.82) is 0 Å². The second-order valence-electron chi connectivity index (χ2n) is 5.17. The molecule has 2 saturated carbocycles. The van der Waals surface area contributed by atoms with E-state index in [-0.39, 0.29) is 0 Å². The van der Waals surface area contributed by atoms with Crippen LogP contribution < -0.4 is 0 Å². The summed E-state index contributed by atoms with van der Waals surface area (Å²) in [4.78, 5) is 0. The molecule has 0 aromatic heterocycles. The molecule has 3 unspecified atom stereocenters. The van der Waals surface area contributed by atoms with Gasteiger partial charge in [-0.25, -0.2) is 0 Å². The van der Waals surface area contributed by atoms with Gasteiger partial charge in [0.25, 0.3) is 0 Å². The van der Waals surface area contributed by atoms with E-state index in [1.165, 1.54) is 25.7 Å². The highest BCUT2D eigenvalue weighted by Crippen LogP contribution is 2.45. The van der Waals surface area contributed by atoms with Gasteiger partial charge in [-0.3, -0.25) is 0 Å². The van der Waals surface area contributed by atoms with Crippen molar-refractivity contribution in [3.63, 3.8) is 0 Å². The minimum Gasteiger partial charge on any atom is -0.0911 e. The Bertz CT molecular complexity index is 270. The van der Waals surface area contributed by atoms with E-state index in [2.05, 4.69) is 32.9 Å². The average Bonchev–Trinajstić information content (AvgIpc) is 2.40. The zero-order valence-corrected chi connectivity index (χ0v) is 9.72. The first kappa shape index (κ1) is 10.0. The third kappa shape index (κ3) is 1.67. The molecular weight excluding hydrogens is 168 g/mol. The van der Waals surface area contributed by atoms with Crippen LogP contribution in [-0.2, 0) is 0 Å². The maximum atomic E-state index is 2.41. The van der Waals surface area contributed by atoms with E-state index >= 15 is 0 Å². The van der Waals surface area contributed by atoms with Crippen LogP contribution in [0.2, 0.25) is 0 Å². The molecule has 3 atom stereocenters. The summed E-state index contributed by atoms with van der Waals surface area (Å²) in [5.41, 5.74) is 3.60. The molecule has 2 aliphatic rings. The number of hydrogen-bond acceptors (Lipinski definition) is 0. The summed E-state index contributed by atoms with van der Waals surface area (Å²) in [5, 5.41) is 0. The van der Waals surface area contributed by atoms with Crippen LogP contribution in [0.3, 0.4) is 0 Å². The number of allylic oxidation sites excluding steroid dienone is 4. The van der Waals surface area contributed by atoms with E-state index in [9.17, 15) is 0 Å². The third-order valence-corrected chi connectivity index (χ3v) is 3.93. The summed E-state index contributed by atoms with van der Waals surface area (Å²) in [6.07, 6.45) is 10.2. The lowest BCUT2D eigenvalue weighted by Gasteiger charge is -2.31. The minimum atomic E-state index is 0.808. The summed E-state index contributed by atoms with van der Waals surface area (Å²) in [6.45, 7) is 6.95. The van der Waals surface area contributed by atoms with Crippen LogP contribution in [0.25, 0.3) is 0 Å². The van der Waals surface area contributed by atoms with Crippen molar-refractivity contribution in [3.8, 4) is 0 Å². The van der Waals surface area contributed by atoms with Crippen LogP contribution in [0.1, 0.15) is 46.5 Å². The molecule has 0 bridgehead atoms. The lowest BCUT2D eigenvalue weighted by atomic mass is 9.74. The molecule has 0 heterocycles. The highest BCUT2D eigenvalue weighted by molar-refractivity contribution is 5.30. The second-order valence-corrected chi connectivity index (χ2v) is 5.17. The van der Waals surface area contributed by atoms with Crippen LogP contribution in [0.5, 0.6) is 0 Å². The Hall–Kier alpha value is -0.520. The lowest BCUT2D eigenvalue weighted by Crippen LogP contribution is -2.16. The van der Waals surface area contributed by atoms with Gasteiger partial charge in [-0.1, -0.05) is 37.1 Å². The quantitative estimate of drug-likeness (QED) is 0.540. The van der Waals surface area contributed by atoms with Crippen molar-refractivity contribution in [1.82, 2.24) is 0 Å². The summed E-state index contributed by atoms with van der Waals surface area (Å²) < 4.78 is 0. The topological polar surface area (TPSA) is 0 Å². The fourth-order valence-electron chi connectivity index (χ4n) is 3.15. The summed E-state index contributed by atoms with van der Waals surface area (Å²) in [7, 11) is 0. The Labute approximate surface area is 88.1 Å². The van der Waals surface area contributed by atoms with Crippen molar-refractivity contribution in [3.05, 3.63) is 23.3 Å². The molecule has 2 rings (SSSR count). The summed E-state index contributed by atoms with van der Waals surface area (Å²) in [5.74, 6) is 2.61. The maximum absolute atomic E-state index is 2.41. The molecule has 0 heteroatoms. The SMILES string of the molecule is CC=CC1CCC1=C1CC(C)CC1C. The average molecular weight is 190 g/mol. The molecule has 0 aromatic carbocycles. The van der Waals surface area contributed by atoms with E-state index < -0.39 is 0 Å². The van der Waals surface area contributed by atoms with Crippen molar-refractivity contribution in [2.24, 2.45) is 17.8 Å². The first-order valence-electron chi connectivity index (χ1n) is 6.07. The molecule has 0 nitrogen and oxygen atoms in total. The lowest BCUT2D eigenvalue weighted by molar-refractivity contribution is 0.509. The molecule has 0 saturated heterocycles. The van der Waals surface area contributed by atoms with E-state index in [0.717, 1.165) is 17.8 Å². The van der Waals surface area contributed by atoms with Gasteiger partial charge in [-0.2, -0.15) is 0 Å². The molecular formula is C14H22. The van der Waals surface area contributed by atoms with Gasteiger partial charge in [-0.15, -0.1) is 0 Å². The predicted molar refractivity (Wildman–Crippen MR) is 62.1 cm³/mol. The molecule has 0 aliphatic heterocycles. The van der Waals surface area contributed by atoms with E-state index in [1.807, 2.05) is 5.57 Å². The van der Waals surface area contributed by atoms with Gasteiger partial charge in [0.2, 0.25) is 0 Å². The largest absolute Gasteiger partial charge is 0.0911 e. The minimum absolute atomic E-state index is 0.808. The van der Waals surface area contributed by atoms with Gasteiger partial charge in [-0.05, 0) is 50.4 Å². The number of hydrogen-bond donors (Lipinski definition) is 0. The van der Waals surface area contributed by atoms with Crippen molar-refractivity contribution < 1.29 is 0 Å². The van der Waals surface area contributed by atoms with Crippen LogP contribution in [-0.4, -0.2) is 0 Å². The van der Waals surface area contributed by atoms with Gasteiger partial charge in [0.15, 0.2) is 0 Å². The zero-order valence-electron chi connectivity index (χ0n) is 9.72. The Balaban J connectivity index is 2.15. The molecule has 2 fully saturated rings. The molecule has 0 spiro atoms. The van der Waals surface area contributed by atoms with E-state index in [1.54, 1.807) is 5.57 Å². The first-order valence-corrected chi connectivity index (χ1v) is 6.07. The molecule has 0 amide bonds. The monoisotopic (exact) mass is 190 g/mol. The Kier molecular flexibility index (Phi) is 2.80. The highest BCUT2D eigenvalue weighted by Gasteiger charge is 2.31. The zero-order chi connectivity index (χ0) is 10.1. The van der Waals surface area contributed by atoms with E-state index in [0.29, 0.717) is 0 Å². The Morgan fingerprint density at radius 2 is 2.00 bits per heavy atom. The van der Waals surface area contributed by atoms with Gasteiger partial charge in [0.05, 0.1) is 0 Å². The third-order valence-electron chi connectivity index (χ3n) is 3.93. The van der Waals surface area contributed by atoms with Crippen molar-refractivity contribution in [2.45, 2.75) is 46.5 Å². The fourth-order valence-corrected chi connectivity index (χ4v) is 3.15. The van der Waals surface area contributed by atoms with Gasteiger partial charge < -0.3 is 0 Å². The van der Waals surface area contributed by atoms with Crippen LogP contribution in [0, 0.1) is 17.8 Å². The molecule has 0 radical (unpaired) electrons. The van der Waals surface area contributed by atoms with Crippen molar-refractivity contribution in [2.75, 3.05) is 0 Å². The van der Waals surface area contributed by atoms with Gasteiger partial charge >= 0.3 is 0 Å². The maximum Gasteiger partial charge on any atom is -0.00176 e. The van der Waals surface area contributed by atoms with E-state index in [4.69, 9.17) is 0 Å². The molecule has 78 valence electrons. The normalized spacial score (nSPS) is 43.2. The highest BCUT2D eigenvalue weighted by atomic mass is 14.4. The van der Waals surface area contributed by atoms with Crippen LogP contribution in [0.4, 0.5) is 0 Å². The molecule has 2 aliphatic carbocycles.